The number of rotatable bonds is 7. The van der Waals surface area contributed by atoms with Gasteiger partial charge >= 0.3 is 5.97 Å². The second-order valence-corrected chi connectivity index (χ2v) is 7.72. The molecule has 1 aliphatic rings. The van der Waals surface area contributed by atoms with Gasteiger partial charge in [0, 0.05) is 13.1 Å². The van der Waals surface area contributed by atoms with E-state index in [9.17, 15) is 9.59 Å². The van der Waals surface area contributed by atoms with E-state index in [1.54, 1.807) is 19.1 Å². The van der Waals surface area contributed by atoms with E-state index >= 15 is 0 Å². The number of nitrogens with zero attached hydrogens (tertiary/aromatic N) is 1. The number of aryl methyl sites for hydroxylation is 3. The van der Waals surface area contributed by atoms with Crippen LogP contribution in [-0.4, -0.2) is 50.8 Å². The predicted molar refractivity (Wildman–Crippen MR) is 116 cm³/mol. The van der Waals surface area contributed by atoms with E-state index in [4.69, 9.17) is 18.9 Å². The molecule has 0 aliphatic carbocycles. The highest BCUT2D eigenvalue weighted by Gasteiger charge is 2.23. The first-order chi connectivity index (χ1) is 14.8. The van der Waals surface area contributed by atoms with Crippen molar-refractivity contribution in [1.82, 2.24) is 4.90 Å². The average Bonchev–Trinajstić information content (AvgIpc) is 2.75. The van der Waals surface area contributed by atoms with Gasteiger partial charge in [0.1, 0.15) is 5.75 Å². The summed E-state index contributed by atoms with van der Waals surface area (Å²) in [4.78, 5) is 26.3. The molecule has 1 amide bonds. The third kappa shape index (κ3) is 5.29. The number of benzene rings is 2. The Labute approximate surface area is 182 Å². The minimum absolute atomic E-state index is 0.238. The van der Waals surface area contributed by atoms with Crippen molar-refractivity contribution >= 4 is 11.9 Å². The Morgan fingerprint density at radius 1 is 0.903 bits per heavy atom. The zero-order valence-corrected chi connectivity index (χ0v) is 18.7. The predicted octanol–water partition coefficient (Wildman–Crippen LogP) is 3.14. The molecule has 0 radical (unpaired) electrons. The Kier molecular flexibility index (Phi) is 7.05. The summed E-state index contributed by atoms with van der Waals surface area (Å²) in [5.74, 6) is 1.16. The summed E-state index contributed by atoms with van der Waals surface area (Å²) in [6.45, 7) is 6.32. The SMILES string of the molecule is COc1cc2c(cc1OC)CN(C(=O)COC(=O)COc1c(C)cc(C)cc1C)CC2. The minimum atomic E-state index is -0.573. The third-order valence-corrected chi connectivity index (χ3v) is 5.37. The quantitative estimate of drug-likeness (QED) is 0.632. The number of hydrogen-bond acceptors (Lipinski definition) is 6. The van der Waals surface area contributed by atoms with Crippen molar-refractivity contribution < 1.29 is 28.5 Å². The summed E-state index contributed by atoms with van der Waals surface area (Å²) >= 11 is 0. The molecular weight excluding hydrogens is 398 g/mol. The van der Waals surface area contributed by atoms with Crippen molar-refractivity contribution in [2.45, 2.75) is 33.7 Å². The Morgan fingerprint density at radius 2 is 1.52 bits per heavy atom. The highest BCUT2D eigenvalue weighted by molar-refractivity contribution is 5.81. The maximum atomic E-state index is 12.6. The van der Waals surface area contributed by atoms with E-state index in [-0.39, 0.29) is 19.1 Å². The first kappa shape index (κ1) is 22.5. The van der Waals surface area contributed by atoms with Gasteiger partial charge in [-0.1, -0.05) is 17.7 Å². The van der Waals surface area contributed by atoms with E-state index in [1.807, 2.05) is 45.0 Å². The minimum Gasteiger partial charge on any atom is -0.493 e. The number of hydrogen-bond donors (Lipinski definition) is 0. The Hall–Kier alpha value is -3.22. The van der Waals surface area contributed by atoms with Gasteiger partial charge in [0.25, 0.3) is 5.91 Å². The van der Waals surface area contributed by atoms with Gasteiger partial charge in [0.2, 0.25) is 0 Å². The molecule has 31 heavy (non-hydrogen) atoms. The van der Waals surface area contributed by atoms with Crippen LogP contribution >= 0.6 is 0 Å². The maximum absolute atomic E-state index is 12.6. The number of methoxy groups -OCH3 is 2. The van der Waals surface area contributed by atoms with Crippen molar-refractivity contribution in [2.24, 2.45) is 0 Å². The molecule has 0 bridgehead atoms. The molecule has 2 aromatic carbocycles. The Bertz CT molecular complexity index is 961. The monoisotopic (exact) mass is 427 g/mol. The molecule has 0 unspecified atom stereocenters. The highest BCUT2D eigenvalue weighted by Crippen LogP contribution is 2.33. The van der Waals surface area contributed by atoms with Gasteiger partial charge < -0.3 is 23.8 Å². The number of carbonyl (C=O) groups excluding carboxylic acids is 2. The fraction of sp³-hybridized carbons (Fsp3) is 0.417. The molecule has 166 valence electrons. The zero-order valence-electron chi connectivity index (χ0n) is 18.7. The number of ether oxygens (including phenoxy) is 4. The smallest absolute Gasteiger partial charge is 0.344 e. The van der Waals surface area contributed by atoms with Gasteiger partial charge in [-0.2, -0.15) is 0 Å². The van der Waals surface area contributed by atoms with Gasteiger partial charge in [-0.3, -0.25) is 4.79 Å². The Balaban J connectivity index is 1.53. The van der Waals surface area contributed by atoms with Crippen LogP contribution in [0.5, 0.6) is 17.2 Å². The van der Waals surface area contributed by atoms with E-state index in [0.29, 0.717) is 36.8 Å². The fourth-order valence-corrected chi connectivity index (χ4v) is 3.90. The van der Waals surface area contributed by atoms with Gasteiger partial charge in [0.15, 0.2) is 24.7 Å². The summed E-state index contributed by atoms with van der Waals surface area (Å²) in [7, 11) is 3.18. The molecule has 1 heterocycles. The molecule has 7 nitrogen and oxygen atoms in total. The first-order valence-corrected chi connectivity index (χ1v) is 10.2. The van der Waals surface area contributed by atoms with Crippen LogP contribution in [-0.2, 0) is 27.3 Å². The van der Waals surface area contributed by atoms with Crippen molar-refractivity contribution in [2.75, 3.05) is 34.0 Å². The Morgan fingerprint density at radius 3 is 2.13 bits per heavy atom. The number of fused-ring (bicyclic) bond motifs is 1. The van der Waals surface area contributed by atoms with Crippen LogP contribution in [0.2, 0.25) is 0 Å². The van der Waals surface area contributed by atoms with Crippen molar-refractivity contribution in [3.05, 3.63) is 52.1 Å². The lowest BCUT2D eigenvalue weighted by Gasteiger charge is -2.29. The molecule has 0 saturated heterocycles. The number of carbonyl (C=O) groups is 2. The van der Waals surface area contributed by atoms with E-state index in [1.165, 1.54) is 0 Å². The number of amides is 1. The van der Waals surface area contributed by atoms with Crippen molar-refractivity contribution in [3.63, 3.8) is 0 Å². The van der Waals surface area contributed by atoms with Crippen LogP contribution in [0.15, 0.2) is 24.3 Å². The van der Waals surface area contributed by atoms with Crippen LogP contribution in [0.4, 0.5) is 0 Å². The lowest BCUT2D eigenvalue weighted by atomic mass is 9.99. The van der Waals surface area contributed by atoms with Crippen LogP contribution in [0.1, 0.15) is 27.8 Å². The highest BCUT2D eigenvalue weighted by atomic mass is 16.6. The van der Waals surface area contributed by atoms with E-state index in [2.05, 4.69) is 0 Å². The standard InChI is InChI=1S/C24H29NO6/c1-15-8-16(2)24(17(3)9-15)31-14-23(27)30-13-22(26)25-7-6-18-10-20(28-4)21(29-5)11-19(18)12-25/h8-11H,6-7,12-14H2,1-5H3. The molecule has 0 fully saturated rings. The summed E-state index contributed by atoms with van der Waals surface area (Å²) in [5, 5.41) is 0. The van der Waals surface area contributed by atoms with Crippen LogP contribution in [0.25, 0.3) is 0 Å². The molecule has 1 aliphatic heterocycles. The molecule has 2 aromatic rings. The lowest BCUT2D eigenvalue weighted by molar-refractivity contribution is -0.154. The topological polar surface area (TPSA) is 74.3 Å². The van der Waals surface area contributed by atoms with Gasteiger partial charge in [-0.15, -0.1) is 0 Å². The summed E-state index contributed by atoms with van der Waals surface area (Å²) in [5.41, 5.74) is 5.17. The maximum Gasteiger partial charge on any atom is 0.344 e. The van der Waals surface area contributed by atoms with Crippen molar-refractivity contribution in [1.29, 1.82) is 0 Å². The van der Waals surface area contributed by atoms with E-state index < -0.39 is 5.97 Å². The molecular formula is C24H29NO6. The van der Waals surface area contributed by atoms with Crippen molar-refractivity contribution in [3.8, 4) is 17.2 Å². The van der Waals surface area contributed by atoms with Crippen LogP contribution in [0.3, 0.4) is 0 Å². The lowest BCUT2D eigenvalue weighted by Crippen LogP contribution is -2.39. The number of esters is 1. The molecule has 0 saturated carbocycles. The second kappa shape index (κ2) is 9.73. The van der Waals surface area contributed by atoms with Crippen LogP contribution < -0.4 is 14.2 Å². The van der Waals surface area contributed by atoms with Crippen LogP contribution in [0, 0.1) is 20.8 Å². The fourth-order valence-electron chi connectivity index (χ4n) is 3.90. The molecule has 0 atom stereocenters. The van der Waals surface area contributed by atoms with Gasteiger partial charge in [-0.25, -0.2) is 4.79 Å². The summed E-state index contributed by atoms with van der Waals surface area (Å²) in [6.07, 6.45) is 0.699. The molecule has 0 spiro atoms. The first-order valence-electron chi connectivity index (χ1n) is 10.2. The second-order valence-electron chi connectivity index (χ2n) is 7.72. The van der Waals surface area contributed by atoms with Gasteiger partial charge in [0.05, 0.1) is 14.2 Å². The third-order valence-electron chi connectivity index (χ3n) is 5.37. The molecule has 3 rings (SSSR count). The largest absolute Gasteiger partial charge is 0.493 e. The molecule has 0 N–H and O–H groups in total. The molecule has 7 heteroatoms. The summed E-state index contributed by atoms with van der Waals surface area (Å²) in [6, 6.07) is 7.83. The molecule has 0 aromatic heterocycles. The van der Waals surface area contributed by atoms with Gasteiger partial charge in [-0.05, 0) is 61.6 Å². The average molecular weight is 427 g/mol. The normalized spacial score (nSPS) is 12.7. The van der Waals surface area contributed by atoms with E-state index in [0.717, 1.165) is 27.8 Å². The zero-order chi connectivity index (χ0) is 22.5. The summed E-state index contributed by atoms with van der Waals surface area (Å²) < 4.78 is 21.5.